The van der Waals surface area contributed by atoms with E-state index in [4.69, 9.17) is 11.6 Å². The van der Waals surface area contributed by atoms with Gasteiger partial charge in [0.2, 0.25) is 0 Å². The molecule has 0 spiro atoms. The van der Waals surface area contributed by atoms with Crippen molar-refractivity contribution in [1.29, 1.82) is 0 Å². The van der Waals surface area contributed by atoms with E-state index in [9.17, 15) is 0 Å². The highest BCUT2D eigenvalue weighted by atomic mass is 35.5. The minimum Gasteiger partial charge on any atom is -0.373 e. The second-order valence-corrected chi connectivity index (χ2v) is 5.37. The lowest BCUT2D eigenvalue weighted by atomic mass is 10.3. The van der Waals surface area contributed by atoms with Gasteiger partial charge in [0.25, 0.3) is 0 Å². The molecule has 0 unspecified atom stereocenters. The van der Waals surface area contributed by atoms with Gasteiger partial charge in [0.05, 0.1) is 10.7 Å². The van der Waals surface area contributed by atoms with E-state index < -0.39 is 0 Å². The normalized spacial score (nSPS) is 10.9. The Morgan fingerprint density at radius 2 is 2.17 bits per heavy atom. The second-order valence-electron chi connectivity index (χ2n) is 4.18. The number of aromatic nitrogens is 1. The van der Waals surface area contributed by atoms with Crippen LogP contribution in [0.15, 0.2) is 29.0 Å². The number of rotatable bonds is 5. The highest BCUT2D eigenvalue weighted by Gasteiger charge is 2.08. The summed E-state index contributed by atoms with van der Waals surface area (Å²) in [5.41, 5.74) is 2.23. The van der Waals surface area contributed by atoms with E-state index in [2.05, 4.69) is 39.1 Å². The van der Waals surface area contributed by atoms with Crippen LogP contribution in [-0.4, -0.2) is 24.0 Å². The zero-order valence-electron chi connectivity index (χ0n) is 10.5. The average Bonchev–Trinajstić information content (AvgIpc) is 2.84. The molecule has 0 atom stereocenters. The molecule has 1 N–H and O–H groups in total. The molecular weight excluding hydrogens is 266 g/mol. The predicted molar refractivity (Wildman–Crippen MR) is 78.3 cm³/mol. The summed E-state index contributed by atoms with van der Waals surface area (Å²) in [6.07, 6.45) is 0. The Labute approximate surface area is 116 Å². The van der Waals surface area contributed by atoms with Gasteiger partial charge in [-0.05, 0) is 41.6 Å². The Bertz CT molecular complexity index is 499. The van der Waals surface area contributed by atoms with Crippen molar-refractivity contribution in [1.82, 2.24) is 9.88 Å². The molecule has 0 aromatic carbocycles. The standard InChI is InChI=1S/C13H16ClN3S/c1-15-13-4-3-11(14)12(16-13)8-17(2)7-10-5-6-18-9-10/h3-6,9H,7-8H2,1-2H3,(H,15,16). The summed E-state index contributed by atoms with van der Waals surface area (Å²) in [6.45, 7) is 1.65. The molecule has 0 amide bonds. The minimum atomic E-state index is 0.714. The lowest BCUT2D eigenvalue weighted by molar-refractivity contribution is 0.316. The molecule has 0 saturated carbocycles. The van der Waals surface area contributed by atoms with Crippen LogP contribution >= 0.6 is 22.9 Å². The minimum absolute atomic E-state index is 0.714. The summed E-state index contributed by atoms with van der Waals surface area (Å²) in [4.78, 5) is 6.68. The van der Waals surface area contributed by atoms with Gasteiger partial charge >= 0.3 is 0 Å². The number of hydrogen-bond donors (Lipinski definition) is 1. The molecule has 2 heterocycles. The molecule has 0 aliphatic carbocycles. The molecule has 0 bridgehead atoms. The van der Waals surface area contributed by atoms with Gasteiger partial charge < -0.3 is 5.32 Å². The van der Waals surface area contributed by atoms with Crippen LogP contribution in [0.4, 0.5) is 5.82 Å². The molecule has 0 saturated heterocycles. The van der Waals surface area contributed by atoms with Gasteiger partial charge in [-0.3, -0.25) is 4.90 Å². The molecule has 0 fully saturated rings. The first-order valence-electron chi connectivity index (χ1n) is 5.72. The molecule has 0 aliphatic heterocycles. The van der Waals surface area contributed by atoms with Gasteiger partial charge in [0.1, 0.15) is 5.82 Å². The summed E-state index contributed by atoms with van der Waals surface area (Å²) in [5, 5.41) is 8.00. The molecule has 96 valence electrons. The van der Waals surface area contributed by atoms with Crippen molar-refractivity contribution in [2.45, 2.75) is 13.1 Å². The van der Waals surface area contributed by atoms with Crippen molar-refractivity contribution >= 4 is 28.8 Å². The number of halogens is 1. The Balaban J connectivity index is 2.04. The van der Waals surface area contributed by atoms with Crippen LogP contribution in [0.25, 0.3) is 0 Å². The van der Waals surface area contributed by atoms with E-state index >= 15 is 0 Å². The molecule has 2 aromatic rings. The Hall–Kier alpha value is -1.10. The smallest absolute Gasteiger partial charge is 0.126 e. The molecule has 2 aromatic heterocycles. The van der Waals surface area contributed by atoms with Crippen molar-refractivity contribution in [2.75, 3.05) is 19.4 Å². The third-order valence-corrected chi connectivity index (χ3v) is 3.70. The van der Waals surface area contributed by atoms with Gasteiger partial charge in [-0.25, -0.2) is 4.98 Å². The predicted octanol–water partition coefficient (Wildman–Crippen LogP) is 3.47. The highest BCUT2D eigenvalue weighted by molar-refractivity contribution is 7.07. The third kappa shape index (κ3) is 3.45. The fraction of sp³-hybridized carbons (Fsp3) is 0.308. The van der Waals surface area contributed by atoms with Crippen molar-refractivity contribution in [3.8, 4) is 0 Å². The Kier molecular flexibility index (Phi) is 4.58. The molecule has 0 aliphatic rings. The quantitative estimate of drug-likeness (QED) is 0.910. The average molecular weight is 282 g/mol. The van der Waals surface area contributed by atoms with E-state index in [1.165, 1.54) is 5.56 Å². The van der Waals surface area contributed by atoms with Crippen LogP contribution < -0.4 is 5.32 Å². The number of hydrogen-bond acceptors (Lipinski definition) is 4. The molecule has 3 nitrogen and oxygen atoms in total. The summed E-state index contributed by atoms with van der Waals surface area (Å²) in [5.74, 6) is 0.846. The molecule has 18 heavy (non-hydrogen) atoms. The largest absolute Gasteiger partial charge is 0.373 e. The highest BCUT2D eigenvalue weighted by Crippen LogP contribution is 2.19. The SMILES string of the molecule is CNc1ccc(Cl)c(CN(C)Cc2ccsc2)n1. The molecule has 5 heteroatoms. The van der Waals surface area contributed by atoms with Crippen molar-refractivity contribution < 1.29 is 0 Å². The first-order valence-corrected chi connectivity index (χ1v) is 7.04. The summed E-state index contributed by atoms with van der Waals surface area (Å²) in [6, 6.07) is 5.90. The summed E-state index contributed by atoms with van der Waals surface area (Å²) < 4.78 is 0. The summed E-state index contributed by atoms with van der Waals surface area (Å²) in [7, 11) is 3.93. The zero-order chi connectivity index (χ0) is 13.0. The molecule has 0 radical (unpaired) electrons. The summed E-state index contributed by atoms with van der Waals surface area (Å²) >= 11 is 7.88. The van der Waals surface area contributed by atoms with E-state index in [0.717, 1.165) is 24.6 Å². The van der Waals surface area contributed by atoms with Gasteiger partial charge in [0, 0.05) is 20.1 Å². The Morgan fingerprint density at radius 1 is 1.33 bits per heavy atom. The van der Waals surface area contributed by atoms with Crippen LogP contribution in [-0.2, 0) is 13.1 Å². The number of pyridine rings is 1. The van der Waals surface area contributed by atoms with Crippen LogP contribution in [0.1, 0.15) is 11.3 Å². The van der Waals surface area contributed by atoms with E-state index in [1.54, 1.807) is 11.3 Å². The van der Waals surface area contributed by atoms with Crippen molar-refractivity contribution in [3.05, 3.63) is 45.2 Å². The first-order chi connectivity index (χ1) is 8.69. The fourth-order valence-electron chi connectivity index (χ4n) is 1.74. The Morgan fingerprint density at radius 3 is 2.83 bits per heavy atom. The van der Waals surface area contributed by atoms with E-state index in [0.29, 0.717) is 5.02 Å². The number of nitrogens with zero attached hydrogens (tertiary/aromatic N) is 2. The maximum absolute atomic E-state index is 6.16. The van der Waals surface area contributed by atoms with E-state index in [-0.39, 0.29) is 0 Å². The van der Waals surface area contributed by atoms with Crippen molar-refractivity contribution in [2.24, 2.45) is 0 Å². The van der Waals surface area contributed by atoms with Gasteiger partial charge in [0.15, 0.2) is 0 Å². The van der Waals surface area contributed by atoms with Crippen LogP contribution in [0.2, 0.25) is 5.02 Å². The maximum Gasteiger partial charge on any atom is 0.126 e. The second kappa shape index (κ2) is 6.18. The third-order valence-electron chi connectivity index (χ3n) is 2.63. The van der Waals surface area contributed by atoms with Gasteiger partial charge in [-0.2, -0.15) is 11.3 Å². The number of anilines is 1. The lowest BCUT2D eigenvalue weighted by Crippen LogP contribution is -2.18. The maximum atomic E-state index is 6.16. The monoisotopic (exact) mass is 281 g/mol. The molecular formula is C13H16ClN3S. The fourth-order valence-corrected chi connectivity index (χ4v) is 2.57. The topological polar surface area (TPSA) is 28.2 Å². The molecule has 2 rings (SSSR count). The van der Waals surface area contributed by atoms with Crippen LogP contribution in [0.3, 0.4) is 0 Å². The first kappa shape index (κ1) is 13.3. The van der Waals surface area contributed by atoms with Gasteiger partial charge in [-0.15, -0.1) is 0 Å². The van der Waals surface area contributed by atoms with E-state index in [1.807, 2.05) is 19.2 Å². The number of thiophene rings is 1. The van der Waals surface area contributed by atoms with Crippen LogP contribution in [0.5, 0.6) is 0 Å². The van der Waals surface area contributed by atoms with Crippen LogP contribution in [0, 0.1) is 0 Å². The van der Waals surface area contributed by atoms with Gasteiger partial charge in [-0.1, -0.05) is 11.6 Å². The lowest BCUT2D eigenvalue weighted by Gasteiger charge is -2.16. The van der Waals surface area contributed by atoms with Crippen molar-refractivity contribution in [3.63, 3.8) is 0 Å². The number of nitrogens with one attached hydrogen (secondary N) is 1. The zero-order valence-corrected chi connectivity index (χ0v) is 12.1.